The maximum absolute atomic E-state index is 4.58. The topological polar surface area (TPSA) is 128 Å². The van der Waals surface area contributed by atoms with Gasteiger partial charge in [-0.2, -0.15) is 21.5 Å². The summed E-state index contributed by atoms with van der Waals surface area (Å²) in [5.41, 5.74) is 9.00. The lowest BCUT2D eigenvalue weighted by Crippen LogP contribution is -1.93. The van der Waals surface area contributed by atoms with Gasteiger partial charge in [0, 0.05) is 87.0 Å². The molecule has 0 saturated carbocycles. The Labute approximate surface area is 883 Å². The van der Waals surface area contributed by atoms with E-state index in [9.17, 15) is 0 Å². The van der Waals surface area contributed by atoms with Crippen LogP contribution in [0.15, 0.2) is 215 Å². The van der Waals surface area contributed by atoms with E-state index in [2.05, 4.69) is 572 Å². The number of nitrogens with zero attached hydrogens (tertiary/aromatic N) is 9. The third kappa shape index (κ3) is 1220. The maximum Gasteiger partial charge on any atom is 0.115 e. The summed E-state index contributed by atoms with van der Waals surface area (Å²) in [6, 6.07) is 18.8. The van der Waals surface area contributed by atoms with E-state index in [1.54, 1.807) is 104 Å². The van der Waals surface area contributed by atoms with Gasteiger partial charge in [-0.15, -0.1) is 0 Å². The molecule has 0 atom stereocenters. The summed E-state index contributed by atoms with van der Waals surface area (Å²) in [4.78, 5) is 26.2. The number of allylic oxidation sites excluding steroid dienone is 6. The second kappa shape index (κ2) is 99.0. The standard InChI is InChI=1S/C5H5N.C5H6.18C5H12.3C4H4N2.2C4H5N.C4H4O.C4H4S/c1-2-4-6-5-3-1;1-2-4-5-3-1;18*1-5(2,3)4;1-2-6-4-3-5-1;1-2-5-4-6-3-1;1-2-4-6-5-3-1;4*1-2-4-5-3-1/h1-5H;1-4H,5H2;18*1-4H3;3*1-4H;1,3-4H,2H2;1-3H,4H2;2*1-4H. The number of rotatable bonds is 0. The fourth-order valence-corrected chi connectivity index (χ4v) is 2.98. The smallest absolute Gasteiger partial charge is 0.115 e. The Morgan fingerprint density at radius 3 is 0.468 bits per heavy atom. The number of hydrogen-bond donors (Lipinski definition) is 0. The molecule has 8 heterocycles. The van der Waals surface area contributed by atoms with Gasteiger partial charge in [0.15, 0.2) is 0 Å². The van der Waals surface area contributed by atoms with Gasteiger partial charge in [0.25, 0.3) is 0 Å². The number of hydrogen-bond acceptors (Lipinski definition) is 11. The summed E-state index contributed by atoms with van der Waals surface area (Å²) in [5.74, 6) is 0. The van der Waals surface area contributed by atoms with Crippen molar-refractivity contribution in [2.75, 3.05) is 6.54 Å². The highest BCUT2D eigenvalue weighted by Crippen LogP contribution is 2.16. The van der Waals surface area contributed by atoms with E-state index >= 15 is 0 Å². The normalized spacial score (nSPS) is 11.6. The summed E-state index contributed by atoms with van der Waals surface area (Å²) in [6.45, 7) is 158. The van der Waals surface area contributed by atoms with Crippen LogP contribution in [0.1, 0.15) is 511 Å². The lowest BCUT2D eigenvalue weighted by atomic mass is 10.0. The van der Waals surface area contributed by atoms with E-state index in [1.165, 1.54) is 6.33 Å². The number of aromatic nitrogens is 7. The molecule has 6 aromatic rings. The fraction of sp³-hybridized carbons (Fsp3) is 0.727. The van der Waals surface area contributed by atoms with Crippen LogP contribution in [0.25, 0.3) is 0 Å². The van der Waals surface area contributed by atoms with Gasteiger partial charge in [0.2, 0.25) is 0 Å². The Balaban J connectivity index is -0.0000000684. The van der Waals surface area contributed by atoms with Crippen molar-refractivity contribution in [1.82, 2.24) is 35.1 Å². The number of pyridine rings is 1. The number of aliphatic imine (C=N–C) groups is 2. The van der Waals surface area contributed by atoms with Gasteiger partial charge in [0.05, 0.1) is 19.1 Å². The zero-order valence-electron chi connectivity index (χ0n) is 108. The predicted molar refractivity (Wildman–Crippen MR) is 653 cm³/mol. The molecule has 0 radical (unpaired) electrons. The number of thiophene rings is 1. The van der Waals surface area contributed by atoms with Crippen molar-refractivity contribution in [3.05, 3.63) is 201 Å². The van der Waals surface area contributed by atoms with E-state index in [4.69, 9.17) is 0 Å². The van der Waals surface area contributed by atoms with Crippen LogP contribution >= 0.6 is 11.3 Å². The SMILES string of the molecule is C1=CCC=C1.C1=CCN=C1.C1=CN=CC1.CC(C)(C)C.CC(C)(C)C.CC(C)(C)C.CC(C)(C)C.CC(C)(C)C.CC(C)(C)C.CC(C)(C)C.CC(C)(C)C.CC(C)(C)C.CC(C)(C)C.CC(C)(C)C.CC(C)(C)C.CC(C)(C)C.CC(C)(C)C.CC(C)(C)C.CC(C)(C)C.CC(C)(C)C.CC(C)(C)C.c1ccncc1.c1ccnnc1.c1ccoc1.c1ccsc1.c1cnccn1.c1cncnc1. The first-order valence-corrected chi connectivity index (χ1v) is 52.0. The van der Waals surface area contributed by atoms with Crippen molar-refractivity contribution < 1.29 is 4.42 Å². The quantitative estimate of drug-likeness (QED) is 0.147. The highest BCUT2D eigenvalue weighted by molar-refractivity contribution is 7.07. The molecular weight excluding hydrogens is 1710 g/mol. The van der Waals surface area contributed by atoms with Crippen molar-refractivity contribution in [2.45, 2.75) is 511 Å². The maximum atomic E-state index is 4.58. The first kappa shape index (κ1) is 175. The van der Waals surface area contributed by atoms with Crippen LogP contribution in [0.4, 0.5) is 0 Å². The third-order valence-corrected chi connectivity index (χ3v) is 5.22. The van der Waals surface area contributed by atoms with Crippen LogP contribution < -0.4 is 0 Å². The van der Waals surface area contributed by atoms with Crippen LogP contribution in [-0.4, -0.2) is 54.1 Å². The van der Waals surface area contributed by atoms with E-state index in [0.717, 1.165) is 19.4 Å². The lowest BCUT2D eigenvalue weighted by Gasteiger charge is -2.05. The van der Waals surface area contributed by atoms with E-state index in [0.29, 0.717) is 97.5 Å². The van der Waals surface area contributed by atoms with Crippen molar-refractivity contribution in [1.29, 1.82) is 0 Å². The second-order valence-electron chi connectivity index (χ2n) is 62.3. The van der Waals surface area contributed by atoms with Crippen molar-refractivity contribution in [2.24, 2.45) is 107 Å². The first-order chi connectivity index (χ1) is 60.5. The van der Waals surface area contributed by atoms with Gasteiger partial charge in [0.1, 0.15) is 6.33 Å². The average Bonchev–Trinajstić information content (AvgIpc) is 2.24. The van der Waals surface area contributed by atoms with Crippen LogP contribution in [0.2, 0.25) is 0 Å². The van der Waals surface area contributed by atoms with Crippen molar-refractivity contribution >= 4 is 23.8 Å². The van der Waals surface area contributed by atoms with E-state index in [-0.39, 0.29) is 0 Å². The summed E-state index contributed by atoms with van der Waals surface area (Å²) in [7, 11) is 0. The van der Waals surface area contributed by atoms with Gasteiger partial charge in [-0.05, 0) is 163 Å². The summed E-state index contributed by atoms with van der Waals surface area (Å²) < 4.78 is 4.58. The minimum Gasteiger partial charge on any atom is -0.473 e. The van der Waals surface area contributed by atoms with Crippen molar-refractivity contribution in [3.8, 4) is 0 Å². The largest absolute Gasteiger partial charge is 0.473 e. The molecule has 2 aliphatic heterocycles. The molecule has 1 aliphatic carbocycles. The third-order valence-electron chi connectivity index (χ3n) is 4.59. The molecule has 0 aromatic carbocycles. The molecular formula is C128H257N9OS. The van der Waals surface area contributed by atoms with Crippen LogP contribution in [0, 0.1) is 97.5 Å². The summed E-state index contributed by atoms with van der Waals surface area (Å²) in [6.07, 6.45) is 43.4. The molecule has 10 nitrogen and oxygen atoms in total. The van der Waals surface area contributed by atoms with Crippen LogP contribution in [0.5, 0.6) is 0 Å². The van der Waals surface area contributed by atoms with E-state index < -0.39 is 0 Å². The fourth-order valence-electron chi connectivity index (χ4n) is 2.53. The van der Waals surface area contributed by atoms with Gasteiger partial charge in [-0.25, -0.2) is 9.97 Å². The Morgan fingerprint density at radius 1 is 0.194 bits per heavy atom. The molecule has 6 aromatic heterocycles. The molecule has 0 N–H and O–H groups in total. The second-order valence-corrected chi connectivity index (χ2v) is 63.1. The molecule has 826 valence electrons. The van der Waals surface area contributed by atoms with Crippen molar-refractivity contribution in [3.63, 3.8) is 0 Å². The zero-order valence-corrected chi connectivity index (χ0v) is 109. The first-order valence-electron chi connectivity index (χ1n) is 51.0. The van der Waals surface area contributed by atoms with E-state index in [1.807, 2.05) is 89.8 Å². The molecule has 139 heavy (non-hydrogen) atoms. The Bertz CT molecular complexity index is 2400. The summed E-state index contributed by atoms with van der Waals surface area (Å²) in [5, 5.41) is 11.2. The molecule has 11 heteroatoms. The Morgan fingerprint density at radius 2 is 0.403 bits per heavy atom. The highest BCUT2D eigenvalue weighted by atomic mass is 32.1. The number of furan rings is 1. The Hall–Kier alpha value is -6.33. The molecule has 3 aliphatic rings. The zero-order chi connectivity index (χ0) is 116. The Kier molecular flexibility index (Phi) is 125. The monoisotopic (exact) mass is 1970 g/mol. The van der Waals surface area contributed by atoms with Crippen LogP contribution in [0.3, 0.4) is 0 Å². The molecule has 0 amide bonds. The van der Waals surface area contributed by atoms with Crippen LogP contribution in [-0.2, 0) is 0 Å². The average molecular weight is 1970 g/mol. The predicted octanol–water partition coefficient (Wildman–Crippen LogP) is 45.6. The minimum absolute atomic E-state index is 0.500. The van der Waals surface area contributed by atoms with Gasteiger partial charge < -0.3 is 4.42 Å². The minimum atomic E-state index is 0.500. The molecule has 0 spiro atoms. The van der Waals surface area contributed by atoms with Gasteiger partial charge >= 0.3 is 0 Å². The molecule has 0 fully saturated rings. The lowest BCUT2D eigenvalue weighted by molar-refractivity contribution is 0.469. The summed E-state index contributed by atoms with van der Waals surface area (Å²) >= 11 is 1.71. The van der Waals surface area contributed by atoms with Gasteiger partial charge in [-0.1, -0.05) is 553 Å². The molecule has 0 unspecified atom stereocenters. The highest BCUT2D eigenvalue weighted by Gasteiger charge is 2.04. The molecule has 9 rings (SSSR count). The molecule has 0 saturated heterocycles. The van der Waals surface area contributed by atoms with Gasteiger partial charge in [-0.3, -0.25) is 24.9 Å². The molecule has 0 bridgehead atoms.